The molecule has 0 unspecified atom stereocenters. The van der Waals surface area contributed by atoms with Gasteiger partial charge in [0.25, 0.3) is 0 Å². The van der Waals surface area contributed by atoms with Gasteiger partial charge in [-0.2, -0.15) is 0 Å². The summed E-state index contributed by atoms with van der Waals surface area (Å²) in [7, 11) is 0. The van der Waals surface area contributed by atoms with Gasteiger partial charge in [0.1, 0.15) is 0 Å². The predicted molar refractivity (Wildman–Crippen MR) is 69.3 cm³/mol. The smallest absolute Gasteiger partial charge is 0.162 e. The summed E-state index contributed by atoms with van der Waals surface area (Å²) >= 11 is 11.7. The minimum absolute atomic E-state index is 0.0191. The van der Waals surface area contributed by atoms with E-state index >= 15 is 0 Å². The van der Waals surface area contributed by atoms with E-state index in [1.807, 2.05) is 0 Å². The van der Waals surface area contributed by atoms with Gasteiger partial charge >= 0.3 is 0 Å². The Morgan fingerprint density at radius 2 is 1.94 bits per heavy atom. The van der Waals surface area contributed by atoms with Crippen molar-refractivity contribution in [3.8, 4) is 0 Å². The van der Waals surface area contributed by atoms with Crippen LogP contribution in [0.25, 0.3) is 0 Å². The molecule has 0 aromatic heterocycles. The number of carbonyl (C=O) groups excluding carboxylic acids is 1. The fraction of sp³-hybridized carbons (Fsp3) is 0.250. The van der Waals surface area contributed by atoms with E-state index in [0.29, 0.717) is 27.7 Å². The fourth-order valence-corrected chi connectivity index (χ4v) is 1.78. The van der Waals surface area contributed by atoms with Gasteiger partial charge in [0, 0.05) is 12.0 Å². The molecule has 0 saturated heterocycles. The number of ketones is 1. The zero-order valence-electron chi connectivity index (χ0n) is 8.80. The minimum atomic E-state index is 0.0191. The third-order valence-corrected chi connectivity index (χ3v) is 2.84. The molecule has 1 aromatic rings. The van der Waals surface area contributed by atoms with Crippen LogP contribution in [0, 0.1) is 0 Å². The summed E-state index contributed by atoms with van der Waals surface area (Å²) in [6.07, 6.45) is 3.85. The maximum absolute atomic E-state index is 11.7. The van der Waals surface area contributed by atoms with Crippen LogP contribution in [-0.2, 0) is 0 Å². The van der Waals surface area contributed by atoms with Crippen molar-refractivity contribution in [2.24, 2.45) is 0 Å². The van der Waals surface area contributed by atoms with Crippen molar-refractivity contribution in [1.82, 2.24) is 0 Å². The largest absolute Gasteiger partial charge is 0.396 e. The van der Waals surface area contributed by atoms with Gasteiger partial charge in [-0.3, -0.25) is 4.79 Å². The molecule has 86 valence electrons. The highest BCUT2D eigenvalue weighted by atomic mass is 35.5. The molecular weight excluding hydrogens is 245 g/mol. The van der Waals surface area contributed by atoms with E-state index in [9.17, 15) is 4.79 Å². The van der Waals surface area contributed by atoms with E-state index in [1.165, 1.54) is 0 Å². The number of halogens is 2. The lowest BCUT2D eigenvalue weighted by Gasteiger charge is -2.05. The molecule has 4 heteroatoms. The highest BCUT2D eigenvalue weighted by molar-refractivity contribution is 6.39. The van der Waals surface area contributed by atoms with Gasteiger partial charge in [-0.25, -0.2) is 0 Å². The van der Waals surface area contributed by atoms with Gasteiger partial charge in [-0.1, -0.05) is 29.3 Å². The van der Waals surface area contributed by atoms with Crippen LogP contribution in [0.3, 0.4) is 0 Å². The third-order valence-electron chi connectivity index (χ3n) is 2.21. The van der Waals surface area contributed by atoms with Crippen LogP contribution in [0.5, 0.6) is 0 Å². The molecule has 1 rings (SSSR count). The molecule has 0 amide bonds. The first-order valence-corrected chi connectivity index (χ1v) is 5.70. The zero-order valence-corrected chi connectivity index (χ0v) is 10.3. The van der Waals surface area contributed by atoms with Crippen molar-refractivity contribution >= 4 is 34.7 Å². The lowest BCUT2D eigenvalue weighted by Crippen LogP contribution is -2.00. The summed E-state index contributed by atoms with van der Waals surface area (Å²) in [6.45, 7) is 3.60. The van der Waals surface area contributed by atoms with Crippen molar-refractivity contribution in [1.29, 1.82) is 0 Å². The Balaban J connectivity index is 2.80. The van der Waals surface area contributed by atoms with Crippen molar-refractivity contribution in [3.05, 3.63) is 40.4 Å². The number of allylic oxidation sites excluding steroid dienone is 1. The second kappa shape index (κ2) is 5.92. The first-order valence-electron chi connectivity index (χ1n) is 4.95. The Morgan fingerprint density at radius 1 is 1.38 bits per heavy atom. The van der Waals surface area contributed by atoms with Gasteiger partial charge in [-0.15, -0.1) is 6.58 Å². The zero-order chi connectivity index (χ0) is 12.1. The maximum atomic E-state index is 11.7. The summed E-state index contributed by atoms with van der Waals surface area (Å²) in [6, 6.07) is 3.11. The van der Waals surface area contributed by atoms with Crippen molar-refractivity contribution in [3.63, 3.8) is 0 Å². The number of hydrogen-bond acceptors (Lipinski definition) is 2. The van der Waals surface area contributed by atoms with Gasteiger partial charge in [0.05, 0.1) is 15.7 Å². The molecule has 0 atom stereocenters. The van der Waals surface area contributed by atoms with Crippen LogP contribution in [0.4, 0.5) is 5.69 Å². The molecule has 0 fully saturated rings. The highest BCUT2D eigenvalue weighted by Gasteiger charge is 2.10. The summed E-state index contributed by atoms with van der Waals surface area (Å²) in [5.41, 5.74) is 6.40. The number of benzene rings is 1. The van der Waals surface area contributed by atoms with Crippen LogP contribution in [0.2, 0.25) is 10.0 Å². The molecule has 2 nitrogen and oxygen atoms in total. The number of unbranched alkanes of at least 4 members (excludes halogenated alkanes) is 1. The third kappa shape index (κ3) is 3.26. The fourth-order valence-electron chi connectivity index (χ4n) is 1.30. The number of carbonyl (C=O) groups is 1. The van der Waals surface area contributed by atoms with Crippen LogP contribution in [0.1, 0.15) is 29.6 Å². The molecule has 0 aliphatic rings. The summed E-state index contributed by atoms with van der Waals surface area (Å²) in [5, 5.41) is 0.638. The molecule has 0 bridgehead atoms. The van der Waals surface area contributed by atoms with E-state index < -0.39 is 0 Å². The van der Waals surface area contributed by atoms with E-state index in [2.05, 4.69) is 6.58 Å². The number of nitrogen functional groups attached to an aromatic ring is 1. The first-order chi connectivity index (χ1) is 7.56. The number of hydrogen-bond donors (Lipinski definition) is 1. The summed E-state index contributed by atoms with van der Waals surface area (Å²) < 4.78 is 0. The molecule has 0 radical (unpaired) electrons. The maximum Gasteiger partial charge on any atom is 0.162 e. The van der Waals surface area contributed by atoms with Crippen molar-refractivity contribution < 1.29 is 4.79 Å². The van der Waals surface area contributed by atoms with E-state index in [4.69, 9.17) is 28.9 Å². The summed E-state index contributed by atoms with van der Waals surface area (Å²) in [5.74, 6) is 0.0191. The van der Waals surface area contributed by atoms with Gasteiger partial charge in [-0.05, 0) is 25.0 Å². The molecule has 2 N–H and O–H groups in total. The van der Waals surface area contributed by atoms with E-state index in [1.54, 1.807) is 18.2 Å². The second-order valence-electron chi connectivity index (χ2n) is 3.46. The Bertz CT molecular complexity index is 392. The normalized spacial score (nSPS) is 10.1. The van der Waals surface area contributed by atoms with Crippen molar-refractivity contribution in [2.45, 2.75) is 19.3 Å². The SMILES string of the molecule is C=CCCCC(=O)c1cc(Cl)c(N)c(Cl)c1. The standard InChI is InChI=1S/C12H13Cl2NO/c1-2-3-4-5-11(16)8-6-9(13)12(15)10(14)7-8/h2,6-7H,1,3-5,15H2. The van der Waals surface area contributed by atoms with Gasteiger partial charge in [0.2, 0.25) is 0 Å². The average molecular weight is 258 g/mol. The first kappa shape index (κ1) is 13.1. The molecule has 1 aromatic carbocycles. The lowest BCUT2D eigenvalue weighted by molar-refractivity contribution is 0.0980. The Hall–Kier alpha value is -0.990. The molecule has 0 aliphatic heterocycles. The summed E-state index contributed by atoms with van der Waals surface area (Å²) in [4.78, 5) is 11.7. The molecule has 0 aliphatic carbocycles. The van der Waals surface area contributed by atoms with Crippen LogP contribution >= 0.6 is 23.2 Å². The van der Waals surface area contributed by atoms with E-state index in [-0.39, 0.29) is 5.78 Å². The van der Waals surface area contributed by atoms with Crippen LogP contribution in [0.15, 0.2) is 24.8 Å². The topological polar surface area (TPSA) is 43.1 Å². The minimum Gasteiger partial charge on any atom is -0.396 e. The molecule has 0 heterocycles. The highest BCUT2D eigenvalue weighted by Crippen LogP contribution is 2.29. The molecular formula is C12H13Cl2NO. The second-order valence-corrected chi connectivity index (χ2v) is 4.27. The monoisotopic (exact) mass is 257 g/mol. The lowest BCUT2D eigenvalue weighted by atomic mass is 10.1. The Morgan fingerprint density at radius 3 is 2.44 bits per heavy atom. The Labute approximate surface area is 105 Å². The van der Waals surface area contributed by atoms with Crippen LogP contribution in [-0.4, -0.2) is 5.78 Å². The quantitative estimate of drug-likeness (QED) is 0.373. The van der Waals surface area contributed by atoms with Crippen molar-refractivity contribution in [2.75, 3.05) is 5.73 Å². The number of rotatable bonds is 5. The van der Waals surface area contributed by atoms with Crippen LogP contribution < -0.4 is 5.73 Å². The average Bonchev–Trinajstić information content (AvgIpc) is 2.25. The molecule has 0 spiro atoms. The van der Waals surface area contributed by atoms with Gasteiger partial charge < -0.3 is 5.73 Å². The predicted octanol–water partition coefficient (Wildman–Crippen LogP) is 4.11. The number of nitrogens with two attached hydrogens (primary N) is 1. The van der Waals surface area contributed by atoms with Gasteiger partial charge in [0.15, 0.2) is 5.78 Å². The number of anilines is 1. The number of Topliss-reactive ketones (excluding diaryl/α,β-unsaturated/α-hetero) is 1. The Kier molecular flexibility index (Phi) is 4.84. The van der Waals surface area contributed by atoms with E-state index in [0.717, 1.165) is 12.8 Å². The molecule has 16 heavy (non-hydrogen) atoms. The molecule has 0 saturated carbocycles.